The van der Waals surface area contributed by atoms with Gasteiger partial charge in [-0.2, -0.15) is 0 Å². The molecular formula is C12H21ClN4O2S2. The summed E-state index contributed by atoms with van der Waals surface area (Å²) in [5.41, 5.74) is 5.64. The molecule has 2 aliphatic rings. The van der Waals surface area contributed by atoms with Crippen LogP contribution in [0.1, 0.15) is 24.1 Å². The van der Waals surface area contributed by atoms with Crippen LogP contribution >= 0.6 is 23.7 Å². The van der Waals surface area contributed by atoms with Crippen molar-refractivity contribution < 1.29 is 8.42 Å². The molecule has 0 spiro atoms. The molecule has 3 rings (SSSR count). The molecule has 1 aliphatic carbocycles. The number of hydrogen-bond acceptors (Lipinski definition) is 6. The summed E-state index contributed by atoms with van der Waals surface area (Å²) >= 11 is 1.50. The molecule has 21 heavy (non-hydrogen) atoms. The first-order valence-electron chi connectivity index (χ1n) is 6.97. The van der Waals surface area contributed by atoms with Gasteiger partial charge in [-0.3, -0.25) is 4.90 Å². The van der Waals surface area contributed by atoms with Crippen LogP contribution in [0.4, 0.5) is 5.13 Å². The van der Waals surface area contributed by atoms with Crippen molar-refractivity contribution in [1.82, 2.24) is 14.2 Å². The number of nitrogen functional groups attached to an aromatic ring is 1. The van der Waals surface area contributed by atoms with Crippen molar-refractivity contribution in [3.8, 4) is 0 Å². The van der Waals surface area contributed by atoms with Gasteiger partial charge in [0.05, 0.1) is 5.25 Å². The van der Waals surface area contributed by atoms with Crippen molar-refractivity contribution in [2.75, 3.05) is 31.9 Å². The highest BCUT2D eigenvalue weighted by atomic mass is 35.5. The fraction of sp³-hybridized carbons (Fsp3) is 0.750. The molecule has 0 bridgehead atoms. The predicted molar refractivity (Wildman–Crippen MR) is 87.2 cm³/mol. The van der Waals surface area contributed by atoms with Crippen molar-refractivity contribution >= 4 is 38.9 Å². The summed E-state index contributed by atoms with van der Waals surface area (Å²) in [5, 5.41) is 0.489. The molecule has 1 aromatic heterocycles. The zero-order chi connectivity index (χ0) is 14.2. The van der Waals surface area contributed by atoms with Gasteiger partial charge in [-0.25, -0.2) is 17.7 Å². The fourth-order valence-electron chi connectivity index (χ4n) is 2.55. The molecule has 1 saturated carbocycles. The molecule has 2 heterocycles. The van der Waals surface area contributed by atoms with E-state index >= 15 is 0 Å². The topological polar surface area (TPSA) is 79.5 Å². The van der Waals surface area contributed by atoms with Crippen LogP contribution < -0.4 is 5.73 Å². The molecule has 0 atom stereocenters. The Labute approximate surface area is 135 Å². The van der Waals surface area contributed by atoms with E-state index in [0.29, 0.717) is 18.2 Å². The molecule has 0 amide bonds. The molecule has 1 aliphatic heterocycles. The highest BCUT2D eigenvalue weighted by Crippen LogP contribution is 2.31. The van der Waals surface area contributed by atoms with Crippen LogP contribution in [0.3, 0.4) is 0 Å². The highest BCUT2D eigenvalue weighted by Gasteiger charge is 2.40. The fourth-order valence-corrected chi connectivity index (χ4v) is 5.15. The molecule has 0 radical (unpaired) electrons. The van der Waals surface area contributed by atoms with Crippen LogP contribution in [0.5, 0.6) is 0 Å². The molecule has 1 aromatic rings. The zero-order valence-corrected chi connectivity index (χ0v) is 14.2. The largest absolute Gasteiger partial charge is 0.375 e. The van der Waals surface area contributed by atoms with E-state index in [1.54, 1.807) is 4.31 Å². The van der Waals surface area contributed by atoms with Crippen LogP contribution in [-0.2, 0) is 16.6 Å². The number of nitrogens with two attached hydrogens (primary N) is 1. The van der Waals surface area contributed by atoms with E-state index in [9.17, 15) is 8.42 Å². The second kappa shape index (κ2) is 6.78. The lowest BCUT2D eigenvalue weighted by Crippen LogP contribution is -2.37. The van der Waals surface area contributed by atoms with Crippen molar-refractivity contribution in [2.45, 2.75) is 31.1 Å². The molecular weight excluding hydrogens is 332 g/mol. The number of nitrogens with zero attached hydrogens (tertiary/aromatic N) is 3. The number of halogens is 1. The third-order valence-electron chi connectivity index (χ3n) is 3.80. The van der Waals surface area contributed by atoms with Crippen LogP contribution in [-0.4, -0.2) is 54.0 Å². The predicted octanol–water partition coefficient (Wildman–Crippen LogP) is 1.15. The molecule has 1 saturated heterocycles. The Morgan fingerprint density at radius 1 is 1.29 bits per heavy atom. The Morgan fingerprint density at radius 3 is 2.67 bits per heavy atom. The molecule has 120 valence electrons. The van der Waals surface area contributed by atoms with Gasteiger partial charge in [-0.05, 0) is 25.8 Å². The van der Waals surface area contributed by atoms with Gasteiger partial charge in [0.2, 0.25) is 10.0 Å². The van der Waals surface area contributed by atoms with E-state index in [1.165, 1.54) is 11.3 Å². The number of sulfonamides is 1. The van der Waals surface area contributed by atoms with Gasteiger partial charge in [0.25, 0.3) is 0 Å². The van der Waals surface area contributed by atoms with E-state index in [-0.39, 0.29) is 17.7 Å². The monoisotopic (exact) mass is 352 g/mol. The van der Waals surface area contributed by atoms with Crippen LogP contribution in [0.15, 0.2) is 6.20 Å². The van der Waals surface area contributed by atoms with Crippen LogP contribution in [0.2, 0.25) is 0 Å². The first kappa shape index (κ1) is 17.0. The molecule has 9 heteroatoms. The van der Waals surface area contributed by atoms with Gasteiger partial charge in [-0.1, -0.05) is 0 Å². The van der Waals surface area contributed by atoms with E-state index in [4.69, 9.17) is 5.73 Å². The van der Waals surface area contributed by atoms with Crippen LogP contribution in [0, 0.1) is 0 Å². The first-order chi connectivity index (χ1) is 9.55. The van der Waals surface area contributed by atoms with E-state index < -0.39 is 10.0 Å². The molecule has 2 N–H and O–H groups in total. The van der Waals surface area contributed by atoms with Crippen molar-refractivity contribution in [3.05, 3.63) is 11.1 Å². The number of aromatic nitrogens is 1. The Balaban J connectivity index is 0.00000161. The minimum absolute atomic E-state index is 0. The summed E-state index contributed by atoms with van der Waals surface area (Å²) in [5.74, 6) is 0. The summed E-state index contributed by atoms with van der Waals surface area (Å²) in [6, 6.07) is 0. The Morgan fingerprint density at radius 2 is 2.05 bits per heavy atom. The minimum atomic E-state index is -3.03. The minimum Gasteiger partial charge on any atom is -0.375 e. The molecule has 0 unspecified atom stereocenters. The second-order valence-electron chi connectivity index (χ2n) is 5.44. The standard InChI is InChI=1S/C12H20N4O2S2.ClH/c13-12-14-8-10(19-12)9-15-4-1-5-16(7-6-15)20(17,18)11-2-3-11;/h8,11H,1-7,9H2,(H2,13,14);1H. The summed E-state index contributed by atoms with van der Waals surface area (Å²) in [6.45, 7) is 3.78. The average Bonchev–Trinajstić information content (AvgIpc) is 3.19. The Kier molecular flexibility index (Phi) is 5.48. The van der Waals surface area contributed by atoms with Crippen molar-refractivity contribution in [1.29, 1.82) is 0 Å². The van der Waals surface area contributed by atoms with Gasteiger partial charge in [0.15, 0.2) is 5.13 Å². The number of thiazole rings is 1. The maximum Gasteiger partial charge on any atom is 0.217 e. The second-order valence-corrected chi connectivity index (χ2v) is 8.80. The summed E-state index contributed by atoms with van der Waals surface area (Å²) < 4.78 is 26.2. The number of hydrogen-bond donors (Lipinski definition) is 1. The third kappa shape index (κ3) is 4.07. The third-order valence-corrected chi connectivity index (χ3v) is 7.01. The molecule has 2 fully saturated rings. The molecule has 0 aromatic carbocycles. The summed E-state index contributed by atoms with van der Waals surface area (Å²) in [4.78, 5) is 7.48. The lowest BCUT2D eigenvalue weighted by atomic mass is 10.4. The van der Waals surface area contributed by atoms with Gasteiger partial charge < -0.3 is 5.73 Å². The maximum atomic E-state index is 12.3. The summed E-state index contributed by atoms with van der Waals surface area (Å²) in [7, 11) is -3.03. The van der Waals surface area contributed by atoms with Crippen LogP contribution in [0.25, 0.3) is 0 Å². The smallest absolute Gasteiger partial charge is 0.217 e. The number of anilines is 1. The normalized spacial score (nSPS) is 21.7. The Bertz CT molecular complexity index is 574. The van der Waals surface area contributed by atoms with Gasteiger partial charge in [0, 0.05) is 37.3 Å². The van der Waals surface area contributed by atoms with Crippen molar-refractivity contribution in [3.63, 3.8) is 0 Å². The first-order valence-corrected chi connectivity index (χ1v) is 9.29. The Hall–Kier alpha value is -0.410. The highest BCUT2D eigenvalue weighted by molar-refractivity contribution is 7.90. The van der Waals surface area contributed by atoms with E-state index in [2.05, 4.69) is 9.88 Å². The lowest BCUT2D eigenvalue weighted by molar-refractivity contribution is 0.281. The zero-order valence-electron chi connectivity index (χ0n) is 11.8. The quantitative estimate of drug-likeness (QED) is 0.879. The lowest BCUT2D eigenvalue weighted by Gasteiger charge is -2.21. The van der Waals surface area contributed by atoms with Gasteiger partial charge >= 0.3 is 0 Å². The molecule has 6 nitrogen and oxygen atoms in total. The SMILES string of the molecule is Cl.Nc1ncc(CN2CCCN(S(=O)(=O)C3CC3)CC2)s1. The van der Waals surface area contributed by atoms with Gasteiger partial charge in [0.1, 0.15) is 0 Å². The number of rotatable bonds is 4. The van der Waals surface area contributed by atoms with Gasteiger partial charge in [-0.15, -0.1) is 23.7 Å². The maximum absolute atomic E-state index is 12.3. The average molecular weight is 353 g/mol. The van der Waals surface area contributed by atoms with E-state index in [0.717, 1.165) is 43.8 Å². The summed E-state index contributed by atoms with van der Waals surface area (Å²) in [6.07, 6.45) is 4.37. The van der Waals surface area contributed by atoms with E-state index in [1.807, 2.05) is 6.20 Å². The van der Waals surface area contributed by atoms with Crippen molar-refractivity contribution in [2.24, 2.45) is 0 Å².